The van der Waals surface area contributed by atoms with E-state index in [0.29, 0.717) is 19.4 Å². The molecule has 5 heteroatoms. The summed E-state index contributed by atoms with van der Waals surface area (Å²) in [6, 6.07) is 0. The fraction of sp³-hybridized carbons (Fsp3) is 0.593. The van der Waals surface area contributed by atoms with Crippen molar-refractivity contribution in [2.45, 2.75) is 207 Å². The number of carbonyl (C=O) groups excluding carboxylic acids is 2. The van der Waals surface area contributed by atoms with E-state index in [2.05, 4.69) is 154 Å². The molecule has 0 aromatic heterocycles. The molecular formula is C59H94O5. The fourth-order valence-electron chi connectivity index (χ4n) is 6.45. The minimum Gasteiger partial charge on any atom is -0.462 e. The highest BCUT2D eigenvalue weighted by atomic mass is 16.6. The fourth-order valence-corrected chi connectivity index (χ4v) is 6.45. The maximum absolute atomic E-state index is 12.8. The van der Waals surface area contributed by atoms with Crippen molar-refractivity contribution in [3.63, 3.8) is 0 Å². The van der Waals surface area contributed by atoms with E-state index in [9.17, 15) is 9.59 Å². The maximum atomic E-state index is 12.8. The summed E-state index contributed by atoms with van der Waals surface area (Å²) in [5, 5.41) is 0. The standard InChI is InChI=1S/C59H94O5/c1-4-7-10-13-16-19-22-25-27-28-29-30-31-33-36-39-42-45-48-51-54-62-55-57(64-59(61)53-50-47-44-41-38-34-24-21-18-15-12-9-6-3)56-63-58(60)52-49-46-43-40-37-35-32-26-23-20-17-14-11-8-5-2/h7-12,16-21,25-27,29-30,32-34,36,38,57H,4-6,13-15,22-24,28,31,35,37,39-56H2,1-3H3/b10-7-,11-8-,12-9-,19-16-,20-17-,21-18-,27-25-,30-29-,32-26-,36-33-,38-34-. The number of hydrogen-bond acceptors (Lipinski definition) is 5. The molecule has 0 saturated carbocycles. The molecule has 5 nitrogen and oxygen atoms in total. The van der Waals surface area contributed by atoms with E-state index < -0.39 is 6.10 Å². The molecule has 0 aliphatic heterocycles. The third-order valence-electron chi connectivity index (χ3n) is 10.2. The second-order valence-electron chi connectivity index (χ2n) is 16.3. The zero-order valence-electron chi connectivity index (χ0n) is 41.2. The quantitative estimate of drug-likeness (QED) is 0.0346. The highest BCUT2D eigenvalue weighted by molar-refractivity contribution is 5.70. The molecule has 0 saturated heterocycles. The Balaban J connectivity index is 4.41. The third kappa shape index (κ3) is 50.7. The first-order valence-electron chi connectivity index (χ1n) is 25.7. The first-order chi connectivity index (χ1) is 31.6. The number of hydrogen-bond donors (Lipinski definition) is 0. The molecule has 0 amide bonds. The van der Waals surface area contributed by atoms with Crippen LogP contribution in [0.3, 0.4) is 0 Å². The minimum absolute atomic E-state index is 0.0446. The van der Waals surface area contributed by atoms with Gasteiger partial charge in [-0.05, 0) is 128 Å². The maximum Gasteiger partial charge on any atom is 0.306 e. The first-order valence-corrected chi connectivity index (χ1v) is 25.7. The number of ether oxygens (including phenoxy) is 3. The highest BCUT2D eigenvalue weighted by Gasteiger charge is 2.17. The van der Waals surface area contributed by atoms with Gasteiger partial charge in [0.2, 0.25) is 0 Å². The monoisotopic (exact) mass is 883 g/mol. The molecule has 360 valence electrons. The zero-order valence-corrected chi connectivity index (χ0v) is 41.2. The van der Waals surface area contributed by atoms with Gasteiger partial charge in [-0.1, -0.05) is 193 Å². The van der Waals surface area contributed by atoms with E-state index in [0.717, 1.165) is 148 Å². The highest BCUT2D eigenvalue weighted by Crippen LogP contribution is 2.11. The van der Waals surface area contributed by atoms with Gasteiger partial charge >= 0.3 is 11.9 Å². The van der Waals surface area contributed by atoms with Gasteiger partial charge in [0, 0.05) is 19.4 Å². The van der Waals surface area contributed by atoms with Crippen LogP contribution in [0.25, 0.3) is 0 Å². The number of allylic oxidation sites excluding steroid dienone is 22. The summed E-state index contributed by atoms with van der Waals surface area (Å²) in [4.78, 5) is 25.4. The molecular weight excluding hydrogens is 789 g/mol. The van der Waals surface area contributed by atoms with Crippen LogP contribution in [0.15, 0.2) is 134 Å². The van der Waals surface area contributed by atoms with Crippen molar-refractivity contribution in [1.29, 1.82) is 0 Å². The van der Waals surface area contributed by atoms with Crippen LogP contribution in [-0.4, -0.2) is 37.9 Å². The van der Waals surface area contributed by atoms with E-state index >= 15 is 0 Å². The number of unbranched alkanes of at least 4 members (excludes halogenated alkanes) is 12. The Bertz CT molecular complexity index is 1370. The van der Waals surface area contributed by atoms with E-state index in [-0.39, 0.29) is 25.2 Å². The molecule has 0 bridgehead atoms. The third-order valence-corrected chi connectivity index (χ3v) is 10.2. The van der Waals surface area contributed by atoms with Gasteiger partial charge in [0.05, 0.1) is 6.61 Å². The predicted molar refractivity (Wildman–Crippen MR) is 278 cm³/mol. The van der Waals surface area contributed by atoms with E-state index in [4.69, 9.17) is 14.2 Å². The average Bonchev–Trinajstić information content (AvgIpc) is 3.30. The van der Waals surface area contributed by atoms with Crippen LogP contribution in [0, 0.1) is 0 Å². The smallest absolute Gasteiger partial charge is 0.306 e. The number of carbonyl (C=O) groups is 2. The predicted octanol–water partition coefficient (Wildman–Crippen LogP) is 17.6. The molecule has 64 heavy (non-hydrogen) atoms. The van der Waals surface area contributed by atoms with Crippen LogP contribution in [0.4, 0.5) is 0 Å². The molecule has 0 aromatic carbocycles. The van der Waals surface area contributed by atoms with Gasteiger partial charge in [0.1, 0.15) is 6.61 Å². The van der Waals surface area contributed by atoms with E-state index in [1.54, 1.807) is 0 Å². The lowest BCUT2D eigenvalue weighted by Gasteiger charge is -2.18. The Labute approximate surface area is 394 Å². The summed E-state index contributed by atoms with van der Waals surface area (Å²) in [5.74, 6) is -0.477. The molecule has 0 heterocycles. The van der Waals surface area contributed by atoms with Crippen LogP contribution in [0.5, 0.6) is 0 Å². The molecule has 0 fully saturated rings. The molecule has 0 spiro atoms. The Morgan fingerprint density at radius 2 is 0.656 bits per heavy atom. The summed E-state index contributed by atoms with van der Waals surface area (Å²) in [7, 11) is 0. The molecule has 0 aromatic rings. The lowest BCUT2D eigenvalue weighted by molar-refractivity contribution is -0.163. The summed E-state index contributed by atoms with van der Waals surface area (Å²) < 4.78 is 17.3. The molecule has 0 rings (SSSR count). The molecule has 0 N–H and O–H groups in total. The molecule has 0 radical (unpaired) electrons. The van der Waals surface area contributed by atoms with E-state index in [1.807, 2.05) is 0 Å². The summed E-state index contributed by atoms with van der Waals surface area (Å²) >= 11 is 0. The largest absolute Gasteiger partial charge is 0.462 e. The molecule has 0 aliphatic carbocycles. The second kappa shape index (κ2) is 53.4. The van der Waals surface area contributed by atoms with Crippen molar-refractivity contribution in [3.05, 3.63) is 134 Å². The SMILES string of the molecule is CC/C=C\C/C=C\C/C=C\C/C=C\C/C=C\CCCCCCOCC(COC(=O)CCCCCCC/C=C\C/C=C\C/C=C\CC)OC(=O)CCCCC/C=C\C/C=C\C/C=C\CC. The van der Waals surface area contributed by atoms with Crippen LogP contribution in [0.2, 0.25) is 0 Å². The van der Waals surface area contributed by atoms with Gasteiger partial charge in [-0.2, -0.15) is 0 Å². The Kier molecular flexibility index (Phi) is 50.1. The lowest BCUT2D eigenvalue weighted by Crippen LogP contribution is -2.30. The lowest BCUT2D eigenvalue weighted by atomic mass is 10.1. The number of rotatable bonds is 45. The van der Waals surface area contributed by atoms with Crippen molar-refractivity contribution in [2.24, 2.45) is 0 Å². The Morgan fingerprint density at radius 1 is 0.344 bits per heavy atom. The minimum atomic E-state index is -0.582. The van der Waals surface area contributed by atoms with Crippen LogP contribution < -0.4 is 0 Å². The molecule has 1 unspecified atom stereocenters. The van der Waals surface area contributed by atoms with Gasteiger partial charge in [-0.25, -0.2) is 0 Å². The van der Waals surface area contributed by atoms with Gasteiger partial charge in [-0.3, -0.25) is 9.59 Å². The van der Waals surface area contributed by atoms with Crippen LogP contribution in [0.1, 0.15) is 201 Å². The van der Waals surface area contributed by atoms with Crippen molar-refractivity contribution in [3.8, 4) is 0 Å². The van der Waals surface area contributed by atoms with Crippen molar-refractivity contribution in [2.75, 3.05) is 19.8 Å². The summed E-state index contributed by atoms with van der Waals surface area (Å²) in [5.41, 5.74) is 0. The van der Waals surface area contributed by atoms with Crippen LogP contribution >= 0.6 is 0 Å². The zero-order chi connectivity index (χ0) is 46.3. The van der Waals surface area contributed by atoms with Gasteiger partial charge in [-0.15, -0.1) is 0 Å². The topological polar surface area (TPSA) is 61.8 Å². The molecule has 0 aliphatic rings. The Hall–Kier alpha value is -3.96. The van der Waals surface area contributed by atoms with Crippen molar-refractivity contribution >= 4 is 11.9 Å². The van der Waals surface area contributed by atoms with Crippen LogP contribution in [-0.2, 0) is 23.8 Å². The van der Waals surface area contributed by atoms with Gasteiger partial charge < -0.3 is 14.2 Å². The van der Waals surface area contributed by atoms with Gasteiger partial charge in [0.15, 0.2) is 6.10 Å². The normalized spacial score (nSPS) is 13.4. The number of esters is 2. The van der Waals surface area contributed by atoms with Gasteiger partial charge in [0.25, 0.3) is 0 Å². The van der Waals surface area contributed by atoms with Crippen molar-refractivity contribution in [1.82, 2.24) is 0 Å². The average molecular weight is 883 g/mol. The first kappa shape index (κ1) is 60.0. The van der Waals surface area contributed by atoms with E-state index in [1.165, 1.54) is 19.3 Å². The Morgan fingerprint density at radius 3 is 1.06 bits per heavy atom. The van der Waals surface area contributed by atoms with Crippen molar-refractivity contribution < 1.29 is 23.8 Å². The molecule has 1 atom stereocenters. The second-order valence-corrected chi connectivity index (χ2v) is 16.3. The summed E-state index contributed by atoms with van der Waals surface area (Å²) in [6.07, 6.45) is 76.1. The summed E-state index contributed by atoms with van der Waals surface area (Å²) in [6.45, 7) is 7.36.